The number of fused-ring (bicyclic) bond motifs is 2. The molecule has 0 bridgehead atoms. The number of carboxylic acids is 1. The van der Waals surface area contributed by atoms with Crippen LogP contribution in [0.15, 0.2) is 54.6 Å². The van der Waals surface area contributed by atoms with E-state index in [0.29, 0.717) is 23.4 Å². The van der Waals surface area contributed by atoms with E-state index in [4.69, 9.17) is 15.9 Å². The van der Waals surface area contributed by atoms with Crippen molar-refractivity contribution >= 4 is 28.3 Å². The predicted molar refractivity (Wildman–Crippen MR) is 134 cm³/mol. The van der Waals surface area contributed by atoms with Crippen LogP contribution in [0.25, 0.3) is 10.8 Å². The number of rotatable bonds is 9. The van der Waals surface area contributed by atoms with E-state index < -0.39 is 16.7 Å². The van der Waals surface area contributed by atoms with E-state index in [9.17, 15) is 15.1 Å². The highest BCUT2D eigenvalue weighted by molar-refractivity contribution is 5.96. The Kier molecular flexibility index (Phi) is 6.56. The molecule has 0 saturated heterocycles. The minimum absolute atomic E-state index is 0.0360. The average Bonchev–Trinajstić information content (AvgIpc) is 3.08. The van der Waals surface area contributed by atoms with Crippen molar-refractivity contribution < 1.29 is 14.6 Å². The minimum Gasteiger partial charge on any atom is -0.626 e. The molecule has 34 heavy (non-hydrogen) atoms. The zero-order chi connectivity index (χ0) is 24.5. The molecule has 0 fully saturated rings. The molecule has 2 unspecified atom stereocenters. The quantitative estimate of drug-likeness (QED) is 0.147. The van der Waals surface area contributed by atoms with Crippen LogP contribution >= 0.6 is 0 Å². The molecule has 3 aromatic rings. The fourth-order valence-electron chi connectivity index (χ4n) is 4.62. The smallest absolute Gasteiger partial charge is 0.363 e. The van der Waals surface area contributed by atoms with Gasteiger partial charge in [0.2, 0.25) is 0 Å². The van der Waals surface area contributed by atoms with Gasteiger partial charge in [-0.15, -0.1) is 0 Å². The summed E-state index contributed by atoms with van der Waals surface area (Å²) in [6.07, 6.45) is 1.06. The van der Waals surface area contributed by atoms with Crippen LogP contribution in [0.5, 0.6) is 5.75 Å². The predicted octanol–water partition coefficient (Wildman–Crippen LogP) is 3.47. The average molecular weight is 463 g/mol. The normalized spacial score (nSPS) is 19.4. The van der Waals surface area contributed by atoms with Gasteiger partial charge in [-0.25, -0.2) is 4.79 Å². The van der Waals surface area contributed by atoms with E-state index in [2.05, 4.69) is 4.90 Å². The zero-order valence-corrected chi connectivity index (χ0v) is 19.5. The van der Waals surface area contributed by atoms with Crippen LogP contribution in [0.1, 0.15) is 23.1 Å². The summed E-state index contributed by atoms with van der Waals surface area (Å²) in [5.41, 5.74) is 7.85. The van der Waals surface area contributed by atoms with Gasteiger partial charge >= 0.3 is 5.97 Å². The number of benzene rings is 3. The first-order valence-electron chi connectivity index (χ1n) is 11.3. The van der Waals surface area contributed by atoms with Gasteiger partial charge in [0.25, 0.3) is 0 Å². The summed E-state index contributed by atoms with van der Waals surface area (Å²) < 4.78 is 4.87. The maximum Gasteiger partial charge on any atom is 0.363 e. The van der Waals surface area contributed by atoms with E-state index in [0.717, 1.165) is 35.1 Å². The third-order valence-electron chi connectivity index (χ3n) is 6.37. The van der Waals surface area contributed by atoms with Crippen molar-refractivity contribution in [2.75, 3.05) is 27.2 Å². The lowest BCUT2D eigenvalue weighted by molar-refractivity contribution is -0.141. The molecule has 0 aliphatic carbocycles. The Balaban J connectivity index is 1.66. The molecule has 1 aliphatic rings. The number of nitrogens with zero attached hydrogens (tertiary/aromatic N) is 2. The molecule has 4 N–H and O–H groups in total. The molecular formula is C26H30N4O4. The van der Waals surface area contributed by atoms with Gasteiger partial charge in [0.1, 0.15) is 23.8 Å². The lowest BCUT2D eigenvalue weighted by Gasteiger charge is -2.42. The van der Waals surface area contributed by atoms with Crippen molar-refractivity contribution in [3.8, 4) is 5.75 Å². The highest BCUT2D eigenvalue weighted by Gasteiger charge is 2.45. The van der Waals surface area contributed by atoms with Gasteiger partial charge in [-0.2, -0.15) is 0 Å². The second kappa shape index (κ2) is 9.42. The summed E-state index contributed by atoms with van der Waals surface area (Å²) in [5, 5.41) is 33.6. The largest absolute Gasteiger partial charge is 0.626 e. The van der Waals surface area contributed by atoms with Gasteiger partial charge < -0.3 is 30.3 Å². The third-order valence-corrected chi connectivity index (χ3v) is 6.37. The summed E-state index contributed by atoms with van der Waals surface area (Å²) in [4.78, 5) is 14.2. The summed E-state index contributed by atoms with van der Waals surface area (Å²) in [5.74, 6) is -0.531. The molecule has 0 spiro atoms. The van der Waals surface area contributed by atoms with Gasteiger partial charge in [-0.1, -0.05) is 36.4 Å². The van der Waals surface area contributed by atoms with E-state index >= 15 is 0 Å². The molecule has 1 heterocycles. The van der Waals surface area contributed by atoms with Crippen LogP contribution in [0, 0.1) is 10.6 Å². The van der Waals surface area contributed by atoms with Crippen LogP contribution in [0.2, 0.25) is 0 Å². The Bertz CT molecular complexity index is 1240. The molecule has 0 saturated carbocycles. The first-order chi connectivity index (χ1) is 16.2. The fraction of sp³-hybridized carbons (Fsp3) is 0.308. The number of hydrogen-bond acceptors (Lipinski definition) is 5. The van der Waals surface area contributed by atoms with E-state index in [1.807, 2.05) is 50.5 Å². The molecule has 178 valence electrons. The van der Waals surface area contributed by atoms with Gasteiger partial charge in [0.15, 0.2) is 6.04 Å². The zero-order valence-electron chi connectivity index (χ0n) is 19.5. The second-order valence-electron chi connectivity index (χ2n) is 9.07. The van der Waals surface area contributed by atoms with Crippen LogP contribution in [-0.4, -0.2) is 55.1 Å². The molecule has 4 rings (SSSR count). The number of nitrogens with one attached hydrogen (secondary N) is 1. The fourth-order valence-corrected chi connectivity index (χ4v) is 4.62. The van der Waals surface area contributed by atoms with Crippen molar-refractivity contribution in [2.24, 2.45) is 5.73 Å². The number of ether oxygens (including phenoxy) is 1. The summed E-state index contributed by atoms with van der Waals surface area (Å²) in [7, 11) is 4.05. The molecular weight excluding hydrogens is 432 g/mol. The molecule has 0 amide bonds. The number of carbonyl (C=O) groups is 1. The van der Waals surface area contributed by atoms with Gasteiger partial charge in [-0.05, 0) is 43.4 Å². The van der Waals surface area contributed by atoms with E-state index in [-0.39, 0.29) is 18.8 Å². The summed E-state index contributed by atoms with van der Waals surface area (Å²) in [6.45, 7) is 1.52. The number of aliphatic carboxylic acids is 1. The standard InChI is InChI=1S/C26H30N4O4/c1-29(2)11-4-12-34-21-9-10-22-17(13-21)5-3-6-20(22)16-30(33)23-15-19(25(27)28)8-7-18(23)14-24(30)26(31)32/h3,5-10,13,15,24H,4,11-12,14,16H2,1-2H3,(H3,27,28)(H,31,32). The van der Waals surface area contributed by atoms with Crippen molar-refractivity contribution in [2.45, 2.75) is 25.4 Å². The minimum atomic E-state index is -1.16. The molecule has 3 aromatic carbocycles. The molecule has 8 nitrogen and oxygen atoms in total. The van der Waals surface area contributed by atoms with Gasteiger partial charge in [-0.3, -0.25) is 5.41 Å². The van der Waals surface area contributed by atoms with Crippen LogP contribution in [0.4, 0.5) is 5.69 Å². The van der Waals surface area contributed by atoms with Gasteiger partial charge in [0, 0.05) is 35.7 Å². The van der Waals surface area contributed by atoms with Crippen molar-refractivity contribution in [3.05, 3.63) is 76.5 Å². The first kappa shape index (κ1) is 23.7. The van der Waals surface area contributed by atoms with Crippen molar-refractivity contribution in [1.82, 2.24) is 9.55 Å². The Hall–Kier alpha value is -3.46. The first-order valence-corrected chi connectivity index (χ1v) is 11.3. The molecule has 8 heteroatoms. The number of hydrogen-bond donors (Lipinski definition) is 3. The van der Waals surface area contributed by atoms with Gasteiger partial charge in [0.05, 0.1) is 6.61 Å². The maximum atomic E-state index is 14.2. The monoisotopic (exact) mass is 462 g/mol. The van der Waals surface area contributed by atoms with Crippen LogP contribution in [0.3, 0.4) is 0 Å². The third kappa shape index (κ3) is 4.61. The second-order valence-corrected chi connectivity index (χ2v) is 9.07. The SMILES string of the molecule is CN(C)CCCOc1ccc2c(C[N+]3([O-])c4cc(C(=N)N)ccc4CC3C(=O)O)cccc2c1. The Morgan fingerprint density at radius 3 is 2.74 bits per heavy atom. The summed E-state index contributed by atoms with van der Waals surface area (Å²) in [6, 6.07) is 15.2. The molecule has 1 aliphatic heterocycles. The lowest BCUT2D eigenvalue weighted by Crippen LogP contribution is -2.52. The van der Waals surface area contributed by atoms with Crippen LogP contribution < -0.4 is 15.1 Å². The number of nitrogens with two attached hydrogens (primary N) is 1. The Morgan fingerprint density at radius 1 is 1.24 bits per heavy atom. The summed E-state index contributed by atoms with van der Waals surface area (Å²) >= 11 is 0. The highest BCUT2D eigenvalue weighted by atomic mass is 16.6. The van der Waals surface area contributed by atoms with Crippen molar-refractivity contribution in [1.29, 1.82) is 5.41 Å². The lowest BCUT2D eigenvalue weighted by atomic mass is 10.0. The van der Waals surface area contributed by atoms with E-state index in [1.165, 1.54) is 0 Å². The maximum absolute atomic E-state index is 14.2. The number of hydroxylamine groups is 2. The topological polar surface area (TPSA) is 123 Å². The van der Waals surface area contributed by atoms with Crippen LogP contribution in [-0.2, 0) is 17.8 Å². The Labute approximate surface area is 198 Å². The molecule has 2 atom stereocenters. The molecule has 0 aromatic heterocycles. The highest BCUT2D eigenvalue weighted by Crippen LogP contribution is 2.41. The van der Waals surface area contributed by atoms with Crippen molar-refractivity contribution in [3.63, 3.8) is 0 Å². The number of quaternary nitrogens is 1. The number of carboxylic acid groups (broad SMARTS) is 1. The molecule has 0 radical (unpaired) electrons. The number of amidine groups is 1. The van der Waals surface area contributed by atoms with E-state index in [1.54, 1.807) is 18.2 Å². The number of nitrogen functional groups attached to an aromatic ring is 1. The Morgan fingerprint density at radius 2 is 2.03 bits per heavy atom.